The molecule has 0 aromatic heterocycles. The highest BCUT2D eigenvalue weighted by molar-refractivity contribution is 6.00. The Morgan fingerprint density at radius 1 is 1.05 bits per heavy atom. The van der Waals surface area contributed by atoms with Crippen LogP contribution in [0.5, 0.6) is 0 Å². The van der Waals surface area contributed by atoms with E-state index in [-0.39, 0.29) is 5.78 Å². The van der Waals surface area contributed by atoms with Gasteiger partial charge in [-0.3, -0.25) is 4.79 Å². The maximum Gasteiger partial charge on any atom is 0.162 e. The van der Waals surface area contributed by atoms with Crippen LogP contribution in [0, 0.1) is 19.7 Å². The highest BCUT2D eigenvalue weighted by Gasteiger charge is 2.14. The highest BCUT2D eigenvalue weighted by atomic mass is 19.1. The Kier molecular flexibility index (Phi) is 3.89. The van der Waals surface area contributed by atoms with Gasteiger partial charge in [-0.05, 0) is 50.6 Å². The van der Waals surface area contributed by atoms with Crippen molar-refractivity contribution in [2.45, 2.75) is 20.8 Å². The molecule has 0 radical (unpaired) electrons. The van der Waals surface area contributed by atoms with Gasteiger partial charge in [0.2, 0.25) is 0 Å². The first kappa shape index (κ1) is 14.3. The van der Waals surface area contributed by atoms with Crippen molar-refractivity contribution >= 4 is 17.2 Å². The van der Waals surface area contributed by atoms with Gasteiger partial charge in [-0.1, -0.05) is 17.7 Å². The summed E-state index contributed by atoms with van der Waals surface area (Å²) in [4.78, 5) is 13.6. The van der Waals surface area contributed by atoms with Gasteiger partial charge in [0, 0.05) is 18.3 Å². The van der Waals surface area contributed by atoms with E-state index < -0.39 is 5.82 Å². The number of hydrogen-bond acceptors (Lipinski definition) is 2. The molecule has 2 aromatic carbocycles. The number of benzene rings is 2. The van der Waals surface area contributed by atoms with E-state index in [2.05, 4.69) is 6.07 Å². The molecule has 0 saturated carbocycles. The number of halogens is 1. The van der Waals surface area contributed by atoms with Crippen LogP contribution in [0.3, 0.4) is 0 Å². The van der Waals surface area contributed by atoms with E-state index in [0.29, 0.717) is 11.3 Å². The van der Waals surface area contributed by atoms with Crippen LogP contribution in [0.2, 0.25) is 0 Å². The van der Waals surface area contributed by atoms with Gasteiger partial charge in [-0.25, -0.2) is 4.39 Å². The number of nitrogens with zero attached hydrogens (tertiary/aromatic N) is 1. The lowest BCUT2D eigenvalue weighted by Gasteiger charge is -2.24. The minimum absolute atomic E-state index is 0.142. The van der Waals surface area contributed by atoms with Crippen molar-refractivity contribution in [1.29, 1.82) is 0 Å². The van der Waals surface area contributed by atoms with E-state index in [9.17, 15) is 9.18 Å². The van der Waals surface area contributed by atoms with Crippen LogP contribution in [0.4, 0.5) is 15.8 Å². The fraction of sp³-hybridized carbons (Fsp3) is 0.235. The molecule has 0 aliphatic carbocycles. The lowest BCUT2D eigenvalue weighted by atomic mass is 10.1. The molecule has 0 unspecified atom stereocenters. The van der Waals surface area contributed by atoms with E-state index >= 15 is 0 Å². The smallest absolute Gasteiger partial charge is 0.162 e. The molecular formula is C17H18FNO. The maximum absolute atomic E-state index is 13.3. The first-order valence-corrected chi connectivity index (χ1v) is 6.51. The van der Waals surface area contributed by atoms with Gasteiger partial charge in [0.05, 0.1) is 5.69 Å². The number of anilines is 2. The second-order valence-electron chi connectivity index (χ2n) is 5.07. The van der Waals surface area contributed by atoms with E-state index in [4.69, 9.17) is 0 Å². The summed E-state index contributed by atoms with van der Waals surface area (Å²) in [5.74, 6) is -0.538. The molecule has 0 saturated heterocycles. The Morgan fingerprint density at radius 2 is 1.70 bits per heavy atom. The SMILES string of the molecule is CC(=O)c1cc(F)ccc1N(C)c1ccc(C)cc1C. The molecule has 3 heteroatoms. The number of ketones is 1. The molecule has 2 rings (SSSR count). The number of carbonyl (C=O) groups is 1. The Bertz CT molecular complexity index is 664. The first-order chi connectivity index (χ1) is 9.40. The fourth-order valence-electron chi connectivity index (χ4n) is 2.39. The highest BCUT2D eigenvalue weighted by Crippen LogP contribution is 2.30. The average Bonchev–Trinajstić information content (AvgIpc) is 2.37. The Morgan fingerprint density at radius 3 is 2.30 bits per heavy atom. The first-order valence-electron chi connectivity index (χ1n) is 6.51. The van der Waals surface area contributed by atoms with Crippen LogP contribution in [0.25, 0.3) is 0 Å². The number of aryl methyl sites for hydroxylation is 2. The minimum atomic E-state index is -0.395. The molecule has 0 aliphatic heterocycles. The predicted octanol–water partition coefficient (Wildman–Crippen LogP) is 4.41. The number of Topliss-reactive ketones (excluding diaryl/α,β-unsaturated/α-hetero) is 1. The van der Waals surface area contributed by atoms with Crippen molar-refractivity contribution < 1.29 is 9.18 Å². The van der Waals surface area contributed by atoms with Crippen molar-refractivity contribution in [2.24, 2.45) is 0 Å². The molecule has 0 N–H and O–H groups in total. The molecule has 0 bridgehead atoms. The van der Waals surface area contributed by atoms with Gasteiger partial charge in [-0.15, -0.1) is 0 Å². The number of rotatable bonds is 3. The Hall–Kier alpha value is -2.16. The lowest BCUT2D eigenvalue weighted by molar-refractivity contribution is 0.101. The third kappa shape index (κ3) is 2.72. The summed E-state index contributed by atoms with van der Waals surface area (Å²) >= 11 is 0. The molecule has 0 spiro atoms. The summed E-state index contributed by atoms with van der Waals surface area (Å²) < 4.78 is 13.3. The Labute approximate surface area is 118 Å². The summed E-state index contributed by atoms with van der Waals surface area (Å²) in [6.45, 7) is 5.51. The molecule has 0 atom stereocenters. The standard InChI is InChI=1S/C17H18FNO/c1-11-5-7-16(12(2)9-11)19(4)17-8-6-14(18)10-15(17)13(3)20/h5-10H,1-4H3. The third-order valence-corrected chi connectivity index (χ3v) is 3.41. The molecule has 20 heavy (non-hydrogen) atoms. The minimum Gasteiger partial charge on any atom is -0.344 e. The van der Waals surface area contributed by atoms with Crippen LogP contribution >= 0.6 is 0 Å². The molecular weight excluding hydrogens is 253 g/mol. The van der Waals surface area contributed by atoms with Crippen LogP contribution in [0.15, 0.2) is 36.4 Å². The predicted molar refractivity (Wildman–Crippen MR) is 80.4 cm³/mol. The van der Waals surface area contributed by atoms with Crippen molar-refractivity contribution in [2.75, 3.05) is 11.9 Å². The van der Waals surface area contributed by atoms with Crippen molar-refractivity contribution in [3.63, 3.8) is 0 Å². The second-order valence-corrected chi connectivity index (χ2v) is 5.07. The average molecular weight is 271 g/mol. The topological polar surface area (TPSA) is 20.3 Å². The zero-order chi connectivity index (χ0) is 14.9. The zero-order valence-electron chi connectivity index (χ0n) is 12.2. The fourth-order valence-corrected chi connectivity index (χ4v) is 2.39. The van der Waals surface area contributed by atoms with Crippen LogP contribution in [-0.2, 0) is 0 Å². The summed E-state index contributed by atoms with van der Waals surface area (Å²) in [7, 11) is 1.89. The molecule has 0 aliphatic rings. The normalized spacial score (nSPS) is 10.4. The van der Waals surface area contributed by atoms with Crippen molar-refractivity contribution in [3.8, 4) is 0 Å². The summed E-state index contributed by atoms with van der Waals surface area (Å²) in [5, 5.41) is 0. The van der Waals surface area contributed by atoms with Crippen LogP contribution < -0.4 is 4.90 Å². The van der Waals surface area contributed by atoms with Gasteiger partial charge in [0.1, 0.15) is 5.82 Å². The van der Waals surface area contributed by atoms with Crippen LogP contribution in [-0.4, -0.2) is 12.8 Å². The van der Waals surface area contributed by atoms with Gasteiger partial charge in [0.15, 0.2) is 5.78 Å². The quantitative estimate of drug-likeness (QED) is 0.770. The van der Waals surface area contributed by atoms with Crippen LogP contribution in [0.1, 0.15) is 28.4 Å². The molecule has 0 amide bonds. The maximum atomic E-state index is 13.3. The lowest BCUT2D eigenvalue weighted by Crippen LogP contribution is -2.14. The Balaban J connectivity index is 2.53. The van der Waals surface area contributed by atoms with Gasteiger partial charge < -0.3 is 4.90 Å². The monoisotopic (exact) mass is 271 g/mol. The summed E-state index contributed by atoms with van der Waals surface area (Å²) in [6, 6.07) is 10.4. The molecule has 104 valence electrons. The number of carbonyl (C=O) groups excluding carboxylic acids is 1. The number of hydrogen-bond donors (Lipinski definition) is 0. The van der Waals surface area contributed by atoms with E-state index in [1.165, 1.54) is 24.6 Å². The zero-order valence-corrected chi connectivity index (χ0v) is 12.2. The molecule has 0 fully saturated rings. The van der Waals surface area contributed by atoms with Gasteiger partial charge in [0.25, 0.3) is 0 Å². The largest absolute Gasteiger partial charge is 0.344 e. The third-order valence-electron chi connectivity index (χ3n) is 3.41. The second kappa shape index (κ2) is 5.45. The van der Waals surface area contributed by atoms with Crippen molar-refractivity contribution in [1.82, 2.24) is 0 Å². The molecule has 2 nitrogen and oxygen atoms in total. The summed E-state index contributed by atoms with van der Waals surface area (Å²) in [6.07, 6.45) is 0. The van der Waals surface area contributed by atoms with E-state index in [1.807, 2.05) is 37.9 Å². The molecule has 2 aromatic rings. The summed E-state index contributed by atoms with van der Waals surface area (Å²) in [5.41, 5.74) is 4.42. The van der Waals surface area contributed by atoms with Crippen molar-refractivity contribution in [3.05, 3.63) is 58.9 Å². The van der Waals surface area contributed by atoms with E-state index in [0.717, 1.165) is 11.3 Å². The molecule has 0 heterocycles. The van der Waals surface area contributed by atoms with E-state index in [1.54, 1.807) is 6.07 Å². The van der Waals surface area contributed by atoms with Gasteiger partial charge in [-0.2, -0.15) is 0 Å². The van der Waals surface area contributed by atoms with Gasteiger partial charge >= 0.3 is 0 Å².